The highest BCUT2D eigenvalue weighted by Crippen LogP contribution is 2.27. The first kappa shape index (κ1) is 27.9. The summed E-state index contributed by atoms with van der Waals surface area (Å²) < 4.78 is 59.9. The molecule has 0 amide bonds. The summed E-state index contributed by atoms with van der Waals surface area (Å²) in [6, 6.07) is 3.82. The van der Waals surface area contributed by atoms with Gasteiger partial charge in [0.2, 0.25) is 0 Å². The molecular weight excluding hydrogens is 569 g/mol. The van der Waals surface area contributed by atoms with Crippen molar-refractivity contribution in [2.45, 2.75) is 38.0 Å². The van der Waals surface area contributed by atoms with E-state index in [2.05, 4.69) is 9.97 Å². The molecule has 0 spiro atoms. The van der Waals surface area contributed by atoms with Gasteiger partial charge in [-0.25, -0.2) is 27.5 Å². The Morgan fingerprint density at radius 3 is 1.95 bits per heavy atom. The van der Waals surface area contributed by atoms with Crippen molar-refractivity contribution in [2.75, 3.05) is 11.5 Å². The fraction of sp³-hybridized carbons (Fsp3) is 0.250. The maximum Gasteiger partial charge on any atom is 0.318 e. The van der Waals surface area contributed by atoms with Gasteiger partial charge in [-0.05, 0) is 30.7 Å². The molecule has 200 valence electrons. The lowest BCUT2D eigenvalue weighted by molar-refractivity contribution is 0.535. The van der Waals surface area contributed by atoms with Gasteiger partial charge in [-0.3, -0.25) is 18.7 Å². The van der Waals surface area contributed by atoms with Crippen molar-refractivity contribution in [2.24, 2.45) is 0 Å². The van der Waals surface area contributed by atoms with Crippen LogP contribution in [0.25, 0.3) is 11.2 Å². The Kier molecular flexibility index (Phi) is 8.34. The Bertz CT molecular complexity index is 1680. The molecule has 0 radical (unpaired) electrons. The Hall–Kier alpha value is -3.09. The van der Waals surface area contributed by atoms with E-state index in [4.69, 9.17) is 28.9 Å². The number of anilines is 1. The zero-order chi connectivity index (χ0) is 27.7. The summed E-state index contributed by atoms with van der Waals surface area (Å²) in [4.78, 5) is 35.0. The Balaban J connectivity index is 2.01. The molecule has 2 aromatic carbocycles. The van der Waals surface area contributed by atoms with E-state index in [-0.39, 0.29) is 22.1 Å². The number of halogens is 6. The van der Waals surface area contributed by atoms with Crippen LogP contribution in [0.5, 0.6) is 0 Å². The highest BCUT2D eigenvalue weighted by atomic mass is 35.5. The number of fused-ring (bicyclic) bond motifs is 1. The highest BCUT2D eigenvalue weighted by molar-refractivity contribution is 7.99. The van der Waals surface area contributed by atoms with Crippen LogP contribution in [0.1, 0.15) is 30.9 Å². The third kappa shape index (κ3) is 5.25. The zero-order valence-electron chi connectivity index (χ0n) is 19.7. The maximum atomic E-state index is 14.7. The number of hydrogen-bond acceptors (Lipinski definition) is 6. The van der Waals surface area contributed by atoms with Gasteiger partial charge in [-0.1, -0.05) is 48.3 Å². The van der Waals surface area contributed by atoms with E-state index in [9.17, 15) is 27.2 Å². The van der Waals surface area contributed by atoms with Crippen LogP contribution in [0.2, 0.25) is 10.0 Å². The predicted octanol–water partition coefficient (Wildman–Crippen LogP) is 5.39. The first-order valence-electron chi connectivity index (χ1n) is 11.2. The largest absolute Gasteiger partial charge is 0.382 e. The van der Waals surface area contributed by atoms with Gasteiger partial charge in [0, 0.05) is 16.9 Å². The van der Waals surface area contributed by atoms with Crippen LogP contribution in [0.3, 0.4) is 0 Å². The van der Waals surface area contributed by atoms with Crippen LogP contribution in [0, 0.1) is 23.3 Å². The van der Waals surface area contributed by atoms with Gasteiger partial charge in [-0.2, -0.15) is 0 Å². The number of nitrogens with two attached hydrogens (primary N) is 1. The molecule has 4 rings (SSSR count). The number of nitrogen functional groups attached to an aromatic ring is 1. The van der Waals surface area contributed by atoms with Gasteiger partial charge in [0.25, 0.3) is 0 Å². The first-order chi connectivity index (χ1) is 18.0. The molecule has 0 saturated heterocycles. The maximum absolute atomic E-state index is 14.7. The Labute approximate surface area is 227 Å². The minimum absolute atomic E-state index is 0.133. The van der Waals surface area contributed by atoms with Crippen molar-refractivity contribution in [3.8, 4) is 0 Å². The molecule has 0 unspecified atom stereocenters. The monoisotopic (exact) mass is 587 g/mol. The van der Waals surface area contributed by atoms with Gasteiger partial charge in [0.15, 0.2) is 16.6 Å². The minimum Gasteiger partial charge on any atom is -0.382 e. The molecular formula is C24H19Cl2F4N5O2S. The molecule has 4 aromatic rings. The molecule has 0 aliphatic carbocycles. The van der Waals surface area contributed by atoms with Crippen LogP contribution in [-0.4, -0.2) is 24.9 Å². The van der Waals surface area contributed by atoms with E-state index in [0.717, 1.165) is 41.7 Å². The standard InChI is InChI=1S/C24H19Cl2F4N5O2S/c1-2-3-8-38-24-32-20(31)19-21(33-24)35(10-12-16(28)7-5-14(26)18(12)30)23(37)22(36)34(19)9-11-15(27)6-4-13(25)17(11)29/h4-7H,2-3,8-10H2,1H3,(H2,31,32,33). The number of benzene rings is 2. The van der Waals surface area contributed by atoms with Gasteiger partial charge < -0.3 is 5.73 Å². The number of unbranched alkanes of at least 4 members (excludes halogenated alkanes) is 1. The second-order valence-corrected chi connectivity index (χ2v) is 10.1. The van der Waals surface area contributed by atoms with E-state index in [1.54, 1.807) is 0 Å². The van der Waals surface area contributed by atoms with E-state index >= 15 is 0 Å². The van der Waals surface area contributed by atoms with Gasteiger partial charge in [0.1, 0.15) is 28.8 Å². The molecule has 0 aliphatic rings. The molecule has 0 atom stereocenters. The predicted molar refractivity (Wildman–Crippen MR) is 139 cm³/mol. The summed E-state index contributed by atoms with van der Waals surface area (Å²) in [5.74, 6) is -3.98. The van der Waals surface area contributed by atoms with E-state index in [0.29, 0.717) is 10.3 Å². The number of thioether (sulfide) groups is 1. The summed E-state index contributed by atoms with van der Waals surface area (Å²) in [7, 11) is 0. The third-order valence-corrected chi connectivity index (χ3v) is 7.23. The van der Waals surface area contributed by atoms with Crippen molar-refractivity contribution in [1.82, 2.24) is 19.1 Å². The van der Waals surface area contributed by atoms with Gasteiger partial charge >= 0.3 is 11.1 Å². The quantitative estimate of drug-likeness (QED) is 0.0741. The summed E-state index contributed by atoms with van der Waals surface area (Å²) in [6.07, 6.45) is 1.69. The Morgan fingerprint density at radius 2 is 1.39 bits per heavy atom. The number of aromatic nitrogens is 4. The normalized spacial score (nSPS) is 11.4. The van der Waals surface area contributed by atoms with Crippen molar-refractivity contribution in [3.05, 3.63) is 89.4 Å². The van der Waals surface area contributed by atoms with Crippen LogP contribution in [0.15, 0.2) is 39.0 Å². The van der Waals surface area contributed by atoms with Gasteiger partial charge in [-0.15, -0.1) is 0 Å². The van der Waals surface area contributed by atoms with E-state index < -0.39 is 68.6 Å². The fourth-order valence-corrected chi connectivity index (χ4v) is 5.01. The summed E-state index contributed by atoms with van der Waals surface area (Å²) in [5.41, 5.74) is 1.91. The smallest absolute Gasteiger partial charge is 0.318 e. The number of hydrogen-bond donors (Lipinski definition) is 1. The van der Waals surface area contributed by atoms with E-state index in [1.807, 2.05) is 6.92 Å². The number of rotatable bonds is 8. The highest BCUT2D eigenvalue weighted by Gasteiger charge is 2.24. The third-order valence-electron chi connectivity index (χ3n) is 5.71. The molecule has 0 fully saturated rings. The molecule has 14 heteroatoms. The first-order valence-corrected chi connectivity index (χ1v) is 13.0. The molecule has 2 N–H and O–H groups in total. The molecule has 2 aromatic heterocycles. The van der Waals surface area contributed by atoms with Crippen molar-refractivity contribution < 1.29 is 17.6 Å². The van der Waals surface area contributed by atoms with Crippen LogP contribution >= 0.6 is 35.0 Å². The van der Waals surface area contributed by atoms with Crippen molar-refractivity contribution in [1.29, 1.82) is 0 Å². The molecule has 38 heavy (non-hydrogen) atoms. The summed E-state index contributed by atoms with van der Waals surface area (Å²) >= 11 is 12.8. The molecule has 7 nitrogen and oxygen atoms in total. The van der Waals surface area contributed by atoms with E-state index in [1.165, 1.54) is 11.8 Å². The fourth-order valence-electron chi connectivity index (χ4n) is 3.73. The lowest BCUT2D eigenvalue weighted by Crippen LogP contribution is -2.43. The van der Waals surface area contributed by atoms with Crippen molar-refractivity contribution >= 4 is 51.9 Å². The second-order valence-electron chi connectivity index (χ2n) is 8.19. The Morgan fingerprint density at radius 1 is 0.868 bits per heavy atom. The SMILES string of the molecule is CCCCSc1nc(N)c2c(n1)n(Cc1c(F)ccc(Cl)c1F)c(=O)c(=O)n2Cc1c(F)ccc(Cl)c1F. The lowest BCUT2D eigenvalue weighted by atomic mass is 10.1. The van der Waals surface area contributed by atoms with Crippen LogP contribution < -0.4 is 16.9 Å². The summed E-state index contributed by atoms with van der Waals surface area (Å²) in [5, 5.41) is -0.671. The van der Waals surface area contributed by atoms with Crippen LogP contribution in [-0.2, 0) is 13.1 Å². The molecule has 0 aliphatic heterocycles. The zero-order valence-corrected chi connectivity index (χ0v) is 22.0. The van der Waals surface area contributed by atoms with Gasteiger partial charge in [0.05, 0.1) is 23.1 Å². The topological polar surface area (TPSA) is 95.8 Å². The minimum atomic E-state index is -1.28. The molecule has 0 bridgehead atoms. The van der Waals surface area contributed by atoms with Crippen LogP contribution in [0.4, 0.5) is 23.4 Å². The average Bonchev–Trinajstić information content (AvgIpc) is 2.88. The van der Waals surface area contributed by atoms with Crippen molar-refractivity contribution in [3.63, 3.8) is 0 Å². The summed E-state index contributed by atoms with van der Waals surface area (Å²) in [6.45, 7) is 0.438. The number of nitrogens with zero attached hydrogens (tertiary/aromatic N) is 4. The average molecular weight is 588 g/mol. The lowest BCUT2D eigenvalue weighted by Gasteiger charge is -2.17. The molecule has 2 heterocycles. The molecule has 0 saturated carbocycles. The second kappa shape index (κ2) is 11.3.